The van der Waals surface area contributed by atoms with Crippen molar-refractivity contribution in [1.29, 1.82) is 0 Å². The number of ether oxygens (including phenoxy) is 1. The van der Waals surface area contributed by atoms with Crippen LogP contribution in [-0.2, 0) is 0 Å². The monoisotopic (exact) mass is 227 g/mol. The van der Waals surface area contributed by atoms with Gasteiger partial charge in [-0.05, 0) is 36.6 Å². The predicted molar refractivity (Wildman–Crippen MR) is 54.5 cm³/mol. The highest BCUT2D eigenvalue weighted by atomic mass is 79.9. The SMILES string of the molecule is [CH2]C(C)c1cc(Br)cc(OC)c1. The standard InChI is InChI=1S/C10H12BrO/c1-7(2)8-4-9(11)6-10(5-8)12-3/h4-7H,1H2,2-3H3. The number of benzene rings is 1. The molecule has 0 aliphatic heterocycles. The van der Waals surface area contributed by atoms with Crippen LogP contribution >= 0.6 is 15.9 Å². The van der Waals surface area contributed by atoms with E-state index in [1.54, 1.807) is 7.11 Å². The van der Waals surface area contributed by atoms with E-state index in [4.69, 9.17) is 4.74 Å². The van der Waals surface area contributed by atoms with E-state index in [0.717, 1.165) is 10.2 Å². The fraction of sp³-hybridized carbons (Fsp3) is 0.300. The molecule has 0 aliphatic rings. The van der Waals surface area contributed by atoms with Gasteiger partial charge in [0.05, 0.1) is 7.11 Å². The molecule has 0 fully saturated rings. The Bertz CT molecular complexity index is 269. The van der Waals surface area contributed by atoms with E-state index in [9.17, 15) is 0 Å². The van der Waals surface area contributed by atoms with E-state index < -0.39 is 0 Å². The number of rotatable bonds is 2. The van der Waals surface area contributed by atoms with Crippen LogP contribution in [0.2, 0.25) is 0 Å². The zero-order valence-electron chi connectivity index (χ0n) is 7.30. The maximum absolute atomic E-state index is 5.13. The molecule has 1 unspecified atom stereocenters. The summed E-state index contributed by atoms with van der Waals surface area (Å²) in [5.41, 5.74) is 1.18. The Morgan fingerprint density at radius 3 is 2.58 bits per heavy atom. The zero-order valence-corrected chi connectivity index (χ0v) is 8.89. The van der Waals surface area contributed by atoms with Crippen molar-refractivity contribution < 1.29 is 4.74 Å². The van der Waals surface area contributed by atoms with Gasteiger partial charge < -0.3 is 4.74 Å². The Morgan fingerprint density at radius 1 is 1.42 bits per heavy atom. The third kappa shape index (κ3) is 2.24. The minimum absolute atomic E-state index is 0.288. The second-order valence-corrected chi connectivity index (χ2v) is 3.74. The fourth-order valence-corrected chi connectivity index (χ4v) is 1.48. The minimum Gasteiger partial charge on any atom is -0.497 e. The molecule has 1 aromatic rings. The molecule has 0 aromatic heterocycles. The lowest BCUT2D eigenvalue weighted by Gasteiger charge is -2.08. The van der Waals surface area contributed by atoms with Crippen molar-refractivity contribution in [1.82, 2.24) is 0 Å². The summed E-state index contributed by atoms with van der Waals surface area (Å²) in [7, 11) is 1.67. The molecule has 1 radical (unpaired) electrons. The molecule has 2 heteroatoms. The molecule has 1 atom stereocenters. The molecule has 0 heterocycles. The number of hydrogen-bond acceptors (Lipinski definition) is 1. The molecule has 0 amide bonds. The predicted octanol–water partition coefficient (Wildman–Crippen LogP) is 3.40. The third-order valence-electron chi connectivity index (χ3n) is 1.70. The second kappa shape index (κ2) is 3.94. The molecule has 1 rings (SSSR count). The van der Waals surface area contributed by atoms with Crippen molar-refractivity contribution in [2.75, 3.05) is 7.11 Å². The Balaban J connectivity index is 3.06. The largest absolute Gasteiger partial charge is 0.497 e. The molecule has 0 N–H and O–H groups in total. The summed E-state index contributed by atoms with van der Waals surface area (Å²) in [6.45, 7) is 6.01. The molecule has 1 aromatic carbocycles. The summed E-state index contributed by atoms with van der Waals surface area (Å²) < 4.78 is 6.16. The topological polar surface area (TPSA) is 9.23 Å². The molecule has 0 saturated heterocycles. The molecule has 0 bridgehead atoms. The average Bonchev–Trinajstić information content (AvgIpc) is 2.03. The van der Waals surface area contributed by atoms with Gasteiger partial charge in [0.1, 0.15) is 5.75 Å². The number of hydrogen-bond donors (Lipinski definition) is 0. The van der Waals surface area contributed by atoms with Crippen LogP contribution in [0.5, 0.6) is 5.75 Å². The smallest absolute Gasteiger partial charge is 0.120 e. The van der Waals surface area contributed by atoms with Gasteiger partial charge in [0.25, 0.3) is 0 Å². The lowest BCUT2D eigenvalue weighted by Crippen LogP contribution is -1.90. The summed E-state index contributed by atoms with van der Waals surface area (Å²) >= 11 is 3.41. The van der Waals surface area contributed by atoms with Crippen LogP contribution in [-0.4, -0.2) is 7.11 Å². The van der Waals surface area contributed by atoms with Crippen LogP contribution in [0.15, 0.2) is 22.7 Å². The van der Waals surface area contributed by atoms with Gasteiger partial charge in [0.15, 0.2) is 0 Å². The van der Waals surface area contributed by atoms with Crippen molar-refractivity contribution >= 4 is 15.9 Å². The van der Waals surface area contributed by atoms with Crippen LogP contribution in [0.4, 0.5) is 0 Å². The van der Waals surface area contributed by atoms with E-state index in [1.165, 1.54) is 5.56 Å². The molecule has 0 saturated carbocycles. The second-order valence-electron chi connectivity index (χ2n) is 2.83. The van der Waals surface area contributed by atoms with Crippen molar-refractivity contribution in [2.45, 2.75) is 12.8 Å². The fourth-order valence-electron chi connectivity index (χ4n) is 0.987. The number of halogens is 1. The normalized spacial score (nSPS) is 10.4. The molecule has 65 valence electrons. The average molecular weight is 228 g/mol. The van der Waals surface area contributed by atoms with Crippen LogP contribution in [0.25, 0.3) is 0 Å². The van der Waals surface area contributed by atoms with E-state index in [0.29, 0.717) is 0 Å². The van der Waals surface area contributed by atoms with Crippen LogP contribution in [0, 0.1) is 6.92 Å². The summed E-state index contributed by atoms with van der Waals surface area (Å²) in [5, 5.41) is 0. The van der Waals surface area contributed by atoms with Crippen LogP contribution < -0.4 is 4.74 Å². The molecule has 0 aliphatic carbocycles. The van der Waals surface area contributed by atoms with Gasteiger partial charge in [-0.3, -0.25) is 0 Å². The van der Waals surface area contributed by atoms with E-state index in [1.807, 2.05) is 12.1 Å². The Labute approximate surface area is 81.9 Å². The van der Waals surface area contributed by atoms with Crippen molar-refractivity contribution in [3.8, 4) is 5.75 Å². The summed E-state index contributed by atoms with van der Waals surface area (Å²) in [6, 6.07) is 5.99. The zero-order chi connectivity index (χ0) is 9.14. The lowest BCUT2D eigenvalue weighted by molar-refractivity contribution is 0.414. The first-order chi connectivity index (χ1) is 5.63. The van der Waals surface area contributed by atoms with Crippen LogP contribution in [0.1, 0.15) is 18.4 Å². The maximum Gasteiger partial charge on any atom is 0.120 e. The molecule has 12 heavy (non-hydrogen) atoms. The first kappa shape index (κ1) is 9.59. The van der Waals surface area contributed by atoms with Gasteiger partial charge in [0, 0.05) is 4.47 Å². The molecule has 1 nitrogen and oxygen atoms in total. The summed E-state index contributed by atoms with van der Waals surface area (Å²) in [6.07, 6.45) is 0. The molecular formula is C10H12BrO. The summed E-state index contributed by atoms with van der Waals surface area (Å²) in [4.78, 5) is 0. The Kier molecular flexibility index (Phi) is 3.15. The summed E-state index contributed by atoms with van der Waals surface area (Å²) in [5.74, 6) is 1.16. The van der Waals surface area contributed by atoms with Gasteiger partial charge in [-0.1, -0.05) is 22.9 Å². The highest BCUT2D eigenvalue weighted by molar-refractivity contribution is 9.10. The highest BCUT2D eigenvalue weighted by Gasteiger charge is 2.02. The Morgan fingerprint density at radius 2 is 2.08 bits per heavy atom. The molecule has 0 spiro atoms. The van der Waals surface area contributed by atoms with Gasteiger partial charge in [0.2, 0.25) is 0 Å². The first-order valence-corrected chi connectivity index (χ1v) is 4.60. The highest BCUT2D eigenvalue weighted by Crippen LogP contribution is 2.25. The minimum atomic E-state index is 0.288. The maximum atomic E-state index is 5.13. The first-order valence-electron chi connectivity index (χ1n) is 3.81. The van der Waals surface area contributed by atoms with Crippen molar-refractivity contribution in [3.63, 3.8) is 0 Å². The lowest BCUT2D eigenvalue weighted by atomic mass is 10.0. The van der Waals surface area contributed by atoms with E-state index in [-0.39, 0.29) is 5.92 Å². The van der Waals surface area contributed by atoms with Crippen molar-refractivity contribution in [2.24, 2.45) is 0 Å². The third-order valence-corrected chi connectivity index (χ3v) is 2.16. The van der Waals surface area contributed by atoms with Gasteiger partial charge in [-0.15, -0.1) is 0 Å². The van der Waals surface area contributed by atoms with Gasteiger partial charge in [-0.2, -0.15) is 0 Å². The van der Waals surface area contributed by atoms with E-state index in [2.05, 4.69) is 35.8 Å². The van der Waals surface area contributed by atoms with Crippen LogP contribution in [0.3, 0.4) is 0 Å². The van der Waals surface area contributed by atoms with E-state index >= 15 is 0 Å². The van der Waals surface area contributed by atoms with Gasteiger partial charge >= 0.3 is 0 Å². The van der Waals surface area contributed by atoms with Gasteiger partial charge in [-0.25, -0.2) is 0 Å². The number of methoxy groups -OCH3 is 1. The molecular weight excluding hydrogens is 216 g/mol. The van der Waals surface area contributed by atoms with Crippen molar-refractivity contribution in [3.05, 3.63) is 35.2 Å². The quantitative estimate of drug-likeness (QED) is 0.753. The Hall–Kier alpha value is -0.500.